The molecule has 0 radical (unpaired) electrons. The summed E-state index contributed by atoms with van der Waals surface area (Å²) in [6, 6.07) is 17.1. The number of rotatable bonds is 4. The summed E-state index contributed by atoms with van der Waals surface area (Å²) in [4.78, 5) is 15.9. The molecule has 0 saturated carbocycles. The van der Waals surface area contributed by atoms with E-state index in [9.17, 15) is 4.79 Å². The lowest BCUT2D eigenvalue weighted by atomic mass is 10.3. The van der Waals surface area contributed by atoms with Gasteiger partial charge in [0.2, 0.25) is 0 Å². The standard InChI is InChI=1S/C18H15ClN4O/c1-13-9-10-15(23(13)14-6-3-2-4-7-14)12-21-22-18(24)16-8-5-11-20-17(16)19/h2-12H,1H3,(H,22,24)/b21-12+. The second-order valence-electron chi connectivity index (χ2n) is 5.11. The highest BCUT2D eigenvalue weighted by Gasteiger charge is 2.09. The second-order valence-corrected chi connectivity index (χ2v) is 5.47. The lowest BCUT2D eigenvalue weighted by Gasteiger charge is -2.09. The van der Waals surface area contributed by atoms with Gasteiger partial charge in [-0.3, -0.25) is 4.79 Å². The largest absolute Gasteiger partial charge is 0.313 e. The fourth-order valence-corrected chi connectivity index (χ4v) is 2.57. The van der Waals surface area contributed by atoms with Gasteiger partial charge in [-0.05, 0) is 43.3 Å². The molecule has 6 heteroatoms. The van der Waals surface area contributed by atoms with Gasteiger partial charge in [0.05, 0.1) is 17.5 Å². The minimum Gasteiger partial charge on any atom is -0.313 e. The first kappa shape index (κ1) is 16.0. The van der Waals surface area contributed by atoms with Crippen LogP contribution in [0.4, 0.5) is 0 Å². The van der Waals surface area contributed by atoms with Crippen LogP contribution in [0.1, 0.15) is 21.7 Å². The fourth-order valence-electron chi connectivity index (χ4n) is 2.36. The van der Waals surface area contributed by atoms with E-state index in [0.717, 1.165) is 17.1 Å². The predicted octanol–water partition coefficient (Wildman–Crippen LogP) is 3.60. The van der Waals surface area contributed by atoms with Crippen molar-refractivity contribution in [1.29, 1.82) is 0 Å². The Balaban J connectivity index is 1.79. The van der Waals surface area contributed by atoms with Gasteiger partial charge in [-0.25, -0.2) is 10.4 Å². The number of hydrazone groups is 1. The van der Waals surface area contributed by atoms with Crippen LogP contribution in [-0.2, 0) is 0 Å². The van der Waals surface area contributed by atoms with E-state index in [-0.39, 0.29) is 10.7 Å². The Bertz CT molecular complexity index is 887. The van der Waals surface area contributed by atoms with Crippen molar-refractivity contribution < 1.29 is 4.79 Å². The highest BCUT2D eigenvalue weighted by Crippen LogP contribution is 2.15. The summed E-state index contributed by atoms with van der Waals surface area (Å²) in [5, 5.41) is 4.17. The highest BCUT2D eigenvalue weighted by atomic mass is 35.5. The third-order valence-electron chi connectivity index (χ3n) is 3.49. The molecule has 0 aliphatic heterocycles. The van der Waals surface area contributed by atoms with Crippen LogP contribution in [0.25, 0.3) is 5.69 Å². The third-order valence-corrected chi connectivity index (χ3v) is 3.79. The number of aromatic nitrogens is 2. The maximum Gasteiger partial charge on any atom is 0.274 e. The number of benzene rings is 1. The van der Waals surface area contributed by atoms with Crippen LogP contribution in [0, 0.1) is 6.92 Å². The van der Waals surface area contributed by atoms with E-state index < -0.39 is 5.91 Å². The Hall–Kier alpha value is -2.92. The SMILES string of the molecule is Cc1ccc(/C=N/NC(=O)c2cccnc2Cl)n1-c1ccccc1. The topological polar surface area (TPSA) is 59.3 Å². The number of nitrogens with one attached hydrogen (secondary N) is 1. The van der Waals surface area contributed by atoms with Gasteiger partial charge in [0.25, 0.3) is 5.91 Å². The zero-order chi connectivity index (χ0) is 16.9. The van der Waals surface area contributed by atoms with E-state index >= 15 is 0 Å². The average molecular weight is 339 g/mol. The highest BCUT2D eigenvalue weighted by molar-refractivity contribution is 6.32. The number of halogens is 1. The van der Waals surface area contributed by atoms with Crippen molar-refractivity contribution >= 4 is 23.7 Å². The molecule has 2 aromatic heterocycles. The van der Waals surface area contributed by atoms with Crippen molar-refractivity contribution in [3.63, 3.8) is 0 Å². The van der Waals surface area contributed by atoms with Crippen LogP contribution >= 0.6 is 11.6 Å². The molecule has 24 heavy (non-hydrogen) atoms. The van der Waals surface area contributed by atoms with Crippen molar-refractivity contribution in [1.82, 2.24) is 15.0 Å². The maximum atomic E-state index is 12.1. The van der Waals surface area contributed by atoms with E-state index in [4.69, 9.17) is 11.6 Å². The van der Waals surface area contributed by atoms with Crippen molar-refractivity contribution in [3.05, 3.63) is 82.9 Å². The van der Waals surface area contributed by atoms with E-state index in [2.05, 4.69) is 15.5 Å². The van der Waals surface area contributed by atoms with Crippen LogP contribution in [0.5, 0.6) is 0 Å². The predicted molar refractivity (Wildman–Crippen MR) is 94.8 cm³/mol. The summed E-state index contributed by atoms with van der Waals surface area (Å²) in [7, 11) is 0. The molecule has 2 heterocycles. The number of nitrogens with zero attached hydrogens (tertiary/aromatic N) is 3. The normalized spacial score (nSPS) is 10.9. The number of hydrogen-bond acceptors (Lipinski definition) is 3. The molecule has 1 N–H and O–H groups in total. The van der Waals surface area contributed by atoms with E-state index in [0.29, 0.717) is 0 Å². The Morgan fingerprint density at radius 1 is 1.17 bits per heavy atom. The van der Waals surface area contributed by atoms with Gasteiger partial charge in [0, 0.05) is 17.6 Å². The van der Waals surface area contributed by atoms with E-state index in [1.165, 1.54) is 6.20 Å². The molecular formula is C18H15ClN4O. The summed E-state index contributed by atoms with van der Waals surface area (Å²) < 4.78 is 2.05. The van der Waals surface area contributed by atoms with Gasteiger partial charge in [-0.15, -0.1) is 0 Å². The van der Waals surface area contributed by atoms with Crippen LogP contribution < -0.4 is 5.43 Å². The molecule has 0 fully saturated rings. The minimum absolute atomic E-state index is 0.147. The molecule has 3 aromatic rings. The van der Waals surface area contributed by atoms with Crippen molar-refractivity contribution in [2.75, 3.05) is 0 Å². The summed E-state index contributed by atoms with van der Waals surface area (Å²) in [5.41, 5.74) is 5.71. The number of amides is 1. The first-order valence-corrected chi connectivity index (χ1v) is 7.72. The maximum absolute atomic E-state index is 12.1. The summed E-state index contributed by atoms with van der Waals surface area (Å²) >= 11 is 5.90. The molecule has 0 aliphatic rings. The van der Waals surface area contributed by atoms with Gasteiger partial charge < -0.3 is 4.57 Å². The molecule has 120 valence electrons. The number of carbonyl (C=O) groups is 1. The molecule has 0 saturated heterocycles. The molecule has 3 rings (SSSR count). The number of pyridine rings is 1. The molecule has 0 aliphatic carbocycles. The molecule has 1 aromatic carbocycles. The molecule has 1 amide bonds. The smallest absolute Gasteiger partial charge is 0.274 e. The summed E-state index contributed by atoms with van der Waals surface area (Å²) in [6.45, 7) is 2.01. The van der Waals surface area contributed by atoms with Crippen LogP contribution in [0.15, 0.2) is 65.9 Å². The van der Waals surface area contributed by atoms with Gasteiger partial charge in [0.1, 0.15) is 5.15 Å². The van der Waals surface area contributed by atoms with Crippen molar-refractivity contribution in [3.8, 4) is 5.69 Å². The Labute approximate surface area is 144 Å². The van der Waals surface area contributed by atoms with E-state index in [1.807, 2.05) is 54.0 Å². The Morgan fingerprint density at radius 2 is 1.96 bits per heavy atom. The minimum atomic E-state index is -0.404. The summed E-state index contributed by atoms with van der Waals surface area (Å²) in [5.74, 6) is -0.404. The zero-order valence-corrected chi connectivity index (χ0v) is 13.7. The van der Waals surface area contributed by atoms with Crippen LogP contribution in [0.2, 0.25) is 5.15 Å². The van der Waals surface area contributed by atoms with Gasteiger partial charge in [-0.1, -0.05) is 29.8 Å². The number of para-hydroxylation sites is 1. The van der Waals surface area contributed by atoms with Crippen molar-refractivity contribution in [2.24, 2.45) is 5.10 Å². The molecule has 0 bridgehead atoms. The molecule has 5 nitrogen and oxygen atoms in total. The van der Waals surface area contributed by atoms with Gasteiger partial charge in [-0.2, -0.15) is 5.10 Å². The lowest BCUT2D eigenvalue weighted by molar-refractivity contribution is 0.0955. The number of carbonyl (C=O) groups excluding carboxylic acids is 1. The molecule has 0 spiro atoms. The lowest BCUT2D eigenvalue weighted by Crippen LogP contribution is -2.18. The zero-order valence-electron chi connectivity index (χ0n) is 13.0. The number of hydrogen-bond donors (Lipinski definition) is 1. The third kappa shape index (κ3) is 3.36. The van der Waals surface area contributed by atoms with E-state index in [1.54, 1.807) is 18.3 Å². The first-order chi connectivity index (χ1) is 11.7. The van der Waals surface area contributed by atoms with Crippen LogP contribution in [-0.4, -0.2) is 21.7 Å². The van der Waals surface area contributed by atoms with Crippen molar-refractivity contribution in [2.45, 2.75) is 6.92 Å². The summed E-state index contributed by atoms with van der Waals surface area (Å²) in [6.07, 6.45) is 3.13. The quantitative estimate of drug-likeness (QED) is 0.449. The number of aryl methyl sites for hydroxylation is 1. The Kier molecular flexibility index (Phi) is 4.72. The van der Waals surface area contributed by atoms with Crippen LogP contribution in [0.3, 0.4) is 0 Å². The van der Waals surface area contributed by atoms with Gasteiger partial charge >= 0.3 is 0 Å². The monoisotopic (exact) mass is 338 g/mol. The average Bonchev–Trinajstić information content (AvgIpc) is 2.96. The van der Waals surface area contributed by atoms with Gasteiger partial charge in [0.15, 0.2) is 0 Å². The molecule has 0 unspecified atom stereocenters. The fraction of sp³-hybridized carbons (Fsp3) is 0.0556. The molecular weight excluding hydrogens is 324 g/mol. The molecule has 0 atom stereocenters. The second kappa shape index (κ2) is 7.10. The Morgan fingerprint density at radius 3 is 2.71 bits per heavy atom. The first-order valence-electron chi connectivity index (χ1n) is 7.34.